The van der Waals surface area contributed by atoms with Gasteiger partial charge in [-0.2, -0.15) is 0 Å². The van der Waals surface area contributed by atoms with Crippen molar-refractivity contribution in [2.45, 2.75) is 50.7 Å². The van der Waals surface area contributed by atoms with Gasteiger partial charge in [-0.15, -0.1) is 0 Å². The molecule has 5 rings (SSSR count). The number of rotatable bonds is 4. The second-order valence-electron chi connectivity index (χ2n) is 8.62. The number of fused-ring (bicyclic) bond motifs is 1. The predicted octanol–water partition coefficient (Wildman–Crippen LogP) is 0.320. The lowest BCUT2D eigenvalue weighted by Crippen LogP contribution is -2.60. The number of carbonyl (C=O) groups is 4. The SMILES string of the molecule is O=C1CCC(N2C(=O)c3ccc(CNC4CCCC45CNC5)cc3C2=O)C(=O)N1. The molecular formula is C21H24N4O4. The van der Waals surface area contributed by atoms with Crippen molar-refractivity contribution < 1.29 is 19.2 Å². The van der Waals surface area contributed by atoms with E-state index in [0.29, 0.717) is 29.1 Å². The van der Waals surface area contributed by atoms with E-state index in [-0.39, 0.29) is 18.7 Å². The summed E-state index contributed by atoms with van der Waals surface area (Å²) in [5, 5.41) is 9.24. The molecule has 0 radical (unpaired) electrons. The van der Waals surface area contributed by atoms with E-state index in [0.717, 1.165) is 30.0 Å². The van der Waals surface area contributed by atoms with Gasteiger partial charge < -0.3 is 10.6 Å². The second kappa shape index (κ2) is 6.74. The zero-order valence-electron chi connectivity index (χ0n) is 16.1. The fourth-order valence-electron chi connectivity index (χ4n) is 5.20. The van der Waals surface area contributed by atoms with Crippen molar-refractivity contribution in [2.75, 3.05) is 13.1 Å². The van der Waals surface area contributed by atoms with Gasteiger partial charge in [-0.1, -0.05) is 12.5 Å². The van der Waals surface area contributed by atoms with Gasteiger partial charge in [-0.25, -0.2) is 0 Å². The highest BCUT2D eigenvalue weighted by Crippen LogP contribution is 2.41. The lowest BCUT2D eigenvalue weighted by atomic mass is 9.77. The summed E-state index contributed by atoms with van der Waals surface area (Å²) < 4.78 is 0. The van der Waals surface area contributed by atoms with Crippen molar-refractivity contribution in [3.05, 3.63) is 34.9 Å². The van der Waals surface area contributed by atoms with E-state index < -0.39 is 23.8 Å². The molecule has 8 nitrogen and oxygen atoms in total. The molecule has 3 heterocycles. The predicted molar refractivity (Wildman–Crippen MR) is 103 cm³/mol. The molecule has 1 aliphatic carbocycles. The molecule has 4 amide bonds. The monoisotopic (exact) mass is 396 g/mol. The number of hydrogen-bond donors (Lipinski definition) is 3. The minimum atomic E-state index is -0.925. The van der Waals surface area contributed by atoms with Gasteiger partial charge in [0, 0.05) is 37.5 Å². The van der Waals surface area contributed by atoms with Crippen LogP contribution < -0.4 is 16.0 Å². The molecule has 8 heteroatoms. The Balaban J connectivity index is 1.32. The normalized spacial score (nSPS) is 27.9. The highest BCUT2D eigenvalue weighted by Gasteiger charge is 2.47. The number of hydrogen-bond acceptors (Lipinski definition) is 6. The molecule has 3 fully saturated rings. The van der Waals surface area contributed by atoms with Crippen LogP contribution in [0.2, 0.25) is 0 Å². The molecule has 1 aromatic rings. The van der Waals surface area contributed by atoms with Crippen LogP contribution in [0.3, 0.4) is 0 Å². The van der Waals surface area contributed by atoms with Gasteiger partial charge in [-0.05, 0) is 37.0 Å². The third-order valence-corrected chi connectivity index (χ3v) is 6.92. The van der Waals surface area contributed by atoms with Crippen LogP contribution in [0.5, 0.6) is 0 Å². The first-order valence-electron chi connectivity index (χ1n) is 10.3. The van der Waals surface area contributed by atoms with Gasteiger partial charge in [0.15, 0.2) is 0 Å². The van der Waals surface area contributed by atoms with Crippen molar-refractivity contribution in [3.63, 3.8) is 0 Å². The van der Waals surface area contributed by atoms with Gasteiger partial charge >= 0.3 is 0 Å². The van der Waals surface area contributed by atoms with Gasteiger partial charge in [0.2, 0.25) is 11.8 Å². The molecule has 2 unspecified atom stereocenters. The standard InChI is InChI=1S/C21H24N4O4/c26-17-6-5-15(18(27)24-17)25-19(28)13-4-3-12(8-14(13)20(25)29)9-23-16-2-1-7-21(16)10-22-11-21/h3-4,8,15-16,22-23H,1-2,5-7,9-11H2,(H,24,26,27). The fraction of sp³-hybridized carbons (Fsp3) is 0.524. The van der Waals surface area contributed by atoms with E-state index in [1.165, 1.54) is 12.8 Å². The van der Waals surface area contributed by atoms with Crippen LogP contribution in [0.4, 0.5) is 0 Å². The maximum atomic E-state index is 12.9. The average Bonchev–Trinajstić information content (AvgIpc) is 3.21. The molecule has 1 saturated carbocycles. The van der Waals surface area contributed by atoms with Gasteiger partial charge in [0.25, 0.3) is 11.8 Å². The topological polar surface area (TPSA) is 108 Å². The Kier molecular flexibility index (Phi) is 4.29. The molecule has 2 atom stereocenters. The van der Waals surface area contributed by atoms with E-state index in [2.05, 4.69) is 16.0 Å². The molecule has 1 aromatic carbocycles. The van der Waals surface area contributed by atoms with Crippen LogP contribution in [0, 0.1) is 5.41 Å². The Labute approximate surface area is 168 Å². The van der Waals surface area contributed by atoms with Crippen molar-refractivity contribution in [3.8, 4) is 0 Å². The second-order valence-corrected chi connectivity index (χ2v) is 8.62. The quantitative estimate of drug-likeness (QED) is 0.633. The first-order valence-corrected chi connectivity index (χ1v) is 10.3. The summed E-state index contributed by atoms with van der Waals surface area (Å²) in [6, 6.07) is 4.84. The Morgan fingerprint density at radius 2 is 1.86 bits per heavy atom. The maximum absolute atomic E-state index is 12.9. The third-order valence-electron chi connectivity index (χ3n) is 6.92. The number of nitrogens with zero attached hydrogens (tertiary/aromatic N) is 1. The van der Waals surface area contributed by atoms with Crippen molar-refractivity contribution in [2.24, 2.45) is 5.41 Å². The lowest BCUT2D eigenvalue weighted by Gasteiger charge is -2.44. The number of carbonyl (C=O) groups excluding carboxylic acids is 4. The number of imide groups is 2. The lowest BCUT2D eigenvalue weighted by molar-refractivity contribution is -0.136. The summed E-state index contributed by atoms with van der Waals surface area (Å²) in [5.74, 6) is -1.88. The zero-order valence-corrected chi connectivity index (χ0v) is 16.1. The molecule has 0 bridgehead atoms. The minimum absolute atomic E-state index is 0.122. The van der Waals surface area contributed by atoms with E-state index >= 15 is 0 Å². The maximum Gasteiger partial charge on any atom is 0.262 e. The Morgan fingerprint density at radius 3 is 2.59 bits per heavy atom. The highest BCUT2D eigenvalue weighted by molar-refractivity contribution is 6.23. The van der Waals surface area contributed by atoms with Crippen LogP contribution in [-0.2, 0) is 16.1 Å². The zero-order chi connectivity index (χ0) is 20.2. The van der Waals surface area contributed by atoms with Crippen LogP contribution in [0.25, 0.3) is 0 Å². The molecule has 4 aliphatic rings. The van der Waals surface area contributed by atoms with Crippen molar-refractivity contribution in [1.82, 2.24) is 20.9 Å². The number of benzene rings is 1. The molecule has 2 saturated heterocycles. The summed E-state index contributed by atoms with van der Waals surface area (Å²) in [4.78, 5) is 50.2. The van der Waals surface area contributed by atoms with Gasteiger partial charge in [0.1, 0.15) is 6.04 Å². The Hall–Kier alpha value is -2.58. The van der Waals surface area contributed by atoms with Crippen LogP contribution in [0.1, 0.15) is 58.4 Å². The first kappa shape index (κ1) is 18.4. The van der Waals surface area contributed by atoms with Crippen molar-refractivity contribution >= 4 is 23.6 Å². The van der Waals surface area contributed by atoms with Crippen LogP contribution in [-0.4, -0.2) is 53.7 Å². The van der Waals surface area contributed by atoms with Crippen LogP contribution >= 0.6 is 0 Å². The van der Waals surface area contributed by atoms with Gasteiger partial charge in [0.05, 0.1) is 11.1 Å². The summed E-state index contributed by atoms with van der Waals surface area (Å²) in [5.41, 5.74) is 1.98. The summed E-state index contributed by atoms with van der Waals surface area (Å²) in [7, 11) is 0. The number of amides is 4. The first-order chi connectivity index (χ1) is 14.0. The Morgan fingerprint density at radius 1 is 1.07 bits per heavy atom. The number of piperidine rings is 1. The summed E-state index contributed by atoms with van der Waals surface area (Å²) in [6.45, 7) is 2.76. The largest absolute Gasteiger partial charge is 0.315 e. The van der Waals surface area contributed by atoms with E-state index in [4.69, 9.17) is 0 Å². The molecule has 1 spiro atoms. The molecule has 3 N–H and O–H groups in total. The molecule has 0 aromatic heterocycles. The van der Waals surface area contributed by atoms with Crippen molar-refractivity contribution in [1.29, 1.82) is 0 Å². The number of nitrogens with one attached hydrogen (secondary N) is 3. The highest BCUT2D eigenvalue weighted by atomic mass is 16.2. The Bertz CT molecular complexity index is 923. The average molecular weight is 396 g/mol. The van der Waals surface area contributed by atoms with Gasteiger partial charge in [-0.3, -0.25) is 29.4 Å². The van der Waals surface area contributed by atoms with E-state index in [1.807, 2.05) is 6.07 Å². The summed E-state index contributed by atoms with van der Waals surface area (Å²) in [6.07, 6.45) is 3.93. The molecular weight excluding hydrogens is 372 g/mol. The van der Waals surface area contributed by atoms with E-state index in [9.17, 15) is 19.2 Å². The molecule has 152 valence electrons. The summed E-state index contributed by atoms with van der Waals surface area (Å²) >= 11 is 0. The van der Waals surface area contributed by atoms with Crippen LogP contribution in [0.15, 0.2) is 18.2 Å². The smallest absolute Gasteiger partial charge is 0.262 e. The third kappa shape index (κ3) is 2.89. The van der Waals surface area contributed by atoms with E-state index in [1.54, 1.807) is 12.1 Å². The molecule has 3 aliphatic heterocycles. The minimum Gasteiger partial charge on any atom is -0.315 e. The molecule has 29 heavy (non-hydrogen) atoms. The fourth-order valence-corrected chi connectivity index (χ4v) is 5.20.